The Balaban J connectivity index is 1.80. The van der Waals surface area contributed by atoms with Gasteiger partial charge in [-0.1, -0.05) is 91.4 Å². The Labute approximate surface area is 181 Å². The maximum atomic E-state index is 2.53. The fourth-order valence-electron chi connectivity index (χ4n) is 5.85. The van der Waals surface area contributed by atoms with E-state index in [0.717, 1.165) is 19.9 Å². The third-order valence-electron chi connectivity index (χ3n) is 7.21. The predicted octanol–water partition coefficient (Wildman–Crippen LogP) is 7.68. The van der Waals surface area contributed by atoms with Gasteiger partial charge in [0, 0.05) is 0 Å². The summed E-state index contributed by atoms with van der Waals surface area (Å²) in [7, 11) is 0.809. The lowest BCUT2D eigenvalue weighted by atomic mass is 9.96. The molecule has 1 unspecified atom stereocenters. The molecular formula is C27H38P2. The summed E-state index contributed by atoms with van der Waals surface area (Å²) in [6.45, 7) is 6.98. The molecule has 0 radical (unpaired) electrons. The maximum absolute atomic E-state index is 2.53. The van der Waals surface area contributed by atoms with Crippen LogP contribution in [0.5, 0.6) is 0 Å². The fourth-order valence-corrected chi connectivity index (χ4v) is 10.5. The van der Waals surface area contributed by atoms with E-state index in [0.29, 0.717) is 0 Å². The van der Waals surface area contributed by atoms with Crippen molar-refractivity contribution in [3.05, 3.63) is 47.5 Å². The van der Waals surface area contributed by atoms with E-state index in [-0.39, 0.29) is 7.92 Å². The van der Waals surface area contributed by atoms with Gasteiger partial charge in [0.15, 0.2) is 0 Å². The van der Waals surface area contributed by atoms with Crippen LogP contribution in [0.4, 0.5) is 0 Å². The normalized spacial score (nSPS) is 19.4. The molecule has 2 aliphatic rings. The quantitative estimate of drug-likeness (QED) is 0.432. The van der Waals surface area contributed by atoms with Crippen molar-refractivity contribution in [3.8, 4) is 11.1 Å². The third kappa shape index (κ3) is 4.81. The largest absolute Gasteiger partial charge is 0.0936 e. The highest BCUT2D eigenvalue weighted by Crippen LogP contribution is 2.56. The van der Waals surface area contributed by atoms with Gasteiger partial charge in [-0.15, -0.1) is 0 Å². The van der Waals surface area contributed by atoms with Crippen LogP contribution >= 0.6 is 16.5 Å². The minimum atomic E-state index is -0.0708. The standard InChI is InChI=1S/C27H38P2/c1-20-18-22(28-3)19-21(2)27(20)25-16-10-11-17-26(25)29(23-12-6-4-7-13-23)24-14-8-5-9-15-24/h10-11,16-19,23-24,28H,4-9,12-15H2,1-3H3. The molecule has 2 heteroatoms. The molecular weight excluding hydrogens is 386 g/mol. The predicted molar refractivity (Wildman–Crippen MR) is 136 cm³/mol. The van der Waals surface area contributed by atoms with Gasteiger partial charge in [0.05, 0.1) is 0 Å². The molecule has 1 atom stereocenters. The van der Waals surface area contributed by atoms with Crippen molar-refractivity contribution < 1.29 is 0 Å². The molecule has 2 saturated carbocycles. The Bertz CT molecular complexity index is 772. The highest BCUT2D eigenvalue weighted by molar-refractivity contribution is 7.67. The summed E-state index contributed by atoms with van der Waals surface area (Å²) in [5, 5.41) is 3.24. The van der Waals surface area contributed by atoms with E-state index in [1.807, 2.05) is 0 Å². The second-order valence-electron chi connectivity index (χ2n) is 9.24. The summed E-state index contributed by atoms with van der Waals surface area (Å²) < 4.78 is 0. The van der Waals surface area contributed by atoms with Crippen molar-refractivity contribution in [3.63, 3.8) is 0 Å². The third-order valence-corrected chi connectivity index (χ3v) is 11.6. The van der Waals surface area contributed by atoms with Crippen molar-refractivity contribution >= 4 is 27.1 Å². The summed E-state index contributed by atoms with van der Waals surface area (Å²) in [4.78, 5) is 0. The zero-order valence-electron chi connectivity index (χ0n) is 18.6. The van der Waals surface area contributed by atoms with E-state index in [1.54, 1.807) is 10.9 Å². The van der Waals surface area contributed by atoms with Gasteiger partial charge in [0.25, 0.3) is 0 Å². The summed E-state index contributed by atoms with van der Waals surface area (Å²) in [5.74, 6) is 0. The Morgan fingerprint density at radius 3 is 1.79 bits per heavy atom. The van der Waals surface area contributed by atoms with Gasteiger partial charge in [0.1, 0.15) is 0 Å². The molecule has 0 spiro atoms. The van der Waals surface area contributed by atoms with Crippen molar-refractivity contribution in [2.75, 3.05) is 6.66 Å². The van der Waals surface area contributed by atoms with E-state index >= 15 is 0 Å². The first kappa shape index (κ1) is 21.5. The zero-order valence-corrected chi connectivity index (χ0v) is 20.5. The molecule has 29 heavy (non-hydrogen) atoms. The zero-order chi connectivity index (χ0) is 20.2. The lowest BCUT2D eigenvalue weighted by molar-refractivity contribution is 0.487. The van der Waals surface area contributed by atoms with Crippen LogP contribution in [0.25, 0.3) is 11.1 Å². The first-order valence-corrected chi connectivity index (χ1v) is 14.8. The molecule has 2 aromatic carbocycles. The van der Waals surface area contributed by atoms with Crippen LogP contribution in [0.1, 0.15) is 75.3 Å². The first-order chi connectivity index (χ1) is 14.2. The summed E-state index contributed by atoms with van der Waals surface area (Å²) in [5.41, 5.74) is 7.96. The number of rotatable bonds is 5. The van der Waals surface area contributed by atoms with Crippen LogP contribution in [0.15, 0.2) is 36.4 Å². The average Bonchev–Trinajstić information content (AvgIpc) is 2.76. The van der Waals surface area contributed by atoms with Crippen LogP contribution in [0.2, 0.25) is 0 Å². The van der Waals surface area contributed by atoms with Crippen LogP contribution in [-0.4, -0.2) is 18.0 Å². The highest BCUT2D eigenvalue weighted by atomic mass is 31.1. The first-order valence-electron chi connectivity index (χ1n) is 11.9. The van der Waals surface area contributed by atoms with E-state index in [4.69, 9.17) is 0 Å². The van der Waals surface area contributed by atoms with Gasteiger partial charge >= 0.3 is 0 Å². The molecule has 2 aromatic rings. The van der Waals surface area contributed by atoms with Crippen LogP contribution < -0.4 is 10.6 Å². The SMILES string of the molecule is CPc1cc(C)c(-c2ccccc2P(C2CCCCC2)C2CCCCC2)c(C)c1. The van der Waals surface area contributed by atoms with Gasteiger partial charge < -0.3 is 0 Å². The molecule has 2 aliphatic carbocycles. The second-order valence-corrected chi connectivity index (χ2v) is 13.1. The number of hydrogen-bond donors (Lipinski definition) is 0. The number of aryl methyl sites for hydroxylation is 2. The van der Waals surface area contributed by atoms with E-state index in [1.165, 1.54) is 86.2 Å². The van der Waals surface area contributed by atoms with Gasteiger partial charge in [-0.2, -0.15) is 0 Å². The Hall–Kier alpha value is -0.700. The monoisotopic (exact) mass is 424 g/mol. The van der Waals surface area contributed by atoms with Crippen LogP contribution in [0.3, 0.4) is 0 Å². The van der Waals surface area contributed by atoms with Crippen molar-refractivity contribution in [1.29, 1.82) is 0 Å². The minimum Gasteiger partial charge on any atom is -0.0936 e. The molecule has 0 bridgehead atoms. The average molecular weight is 425 g/mol. The second kappa shape index (κ2) is 10.1. The van der Waals surface area contributed by atoms with E-state index < -0.39 is 0 Å². The van der Waals surface area contributed by atoms with Crippen LogP contribution in [-0.2, 0) is 0 Å². The van der Waals surface area contributed by atoms with Crippen LogP contribution in [0, 0.1) is 13.8 Å². The molecule has 0 N–H and O–H groups in total. The minimum absolute atomic E-state index is 0.0708. The topological polar surface area (TPSA) is 0 Å². The van der Waals surface area contributed by atoms with Gasteiger partial charge in [-0.3, -0.25) is 0 Å². The fraction of sp³-hybridized carbons (Fsp3) is 0.556. The summed E-state index contributed by atoms with van der Waals surface area (Å²) >= 11 is 0. The van der Waals surface area contributed by atoms with Gasteiger partial charge in [-0.25, -0.2) is 0 Å². The molecule has 0 saturated heterocycles. The summed E-state index contributed by atoms with van der Waals surface area (Å²) in [6.07, 6.45) is 14.7. The Morgan fingerprint density at radius 2 is 1.28 bits per heavy atom. The lowest BCUT2D eigenvalue weighted by Gasteiger charge is -2.40. The van der Waals surface area contributed by atoms with Crippen molar-refractivity contribution in [2.24, 2.45) is 0 Å². The Morgan fingerprint density at radius 1 is 0.759 bits per heavy atom. The molecule has 0 heterocycles. The molecule has 0 aromatic heterocycles. The van der Waals surface area contributed by atoms with Gasteiger partial charge in [-0.05, 0) is 90.4 Å². The molecule has 2 fully saturated rings. The van der Waals surface area contributed by atoms with Crippen molar-refractivity contribution in [2.45, 2.75) is 89.4 Å². The van der Waals surface area contributed by atoms with Gasteiger partial charge in [0.2, 0.25) is 0 Å². The maximum Gasteiger partial charge on any atom is -0.0101 e. The van der Waals surface area contributed by atoms with Crippen molar-refractivity contribution in [1.82, 2.24) is 0 Å². The van der Waals surface area contributed by atoms with E-state index in [2.05, 4.69) is 56.9 Å². The number of hydrogen-bond acceptors (Lipinski definition) is 0. The molecule has 0 nitrogen and oxygen atoms in total. The molecule has 4 rings (SSSR count). The Kier molecular flexibility index (Phi) is 7.48. The smallest absolute Gasteiger partial charge is 0.0101 e. The lowest BCUT2D eigenvalue weighted by Crippen LogP contribution is -2.27. The molecule has 0 aliphatic heterocycles. The molecule has 0 amide bonds. The number of benzene rings is 2. The summed E-state index contributed by atoms with van der Waals surface area (Å²) in [6, 6.07) is 14.5. The highest BCUT2D eigenvalue weighted by Gasteiger charge is 2.33. The van der Waals surface area contributed by atoms with E-state index in [9.17, 15) is 0 Å². The molecule has 156 valence electrons.